The molecule has 0 radical (unpaired) electrons. The summed E-state index contributed by atoms with van der Waals surface area (Å²) in [5.74, 6) is 0. The van der Waals surface area contributed by atoms with E-state index >= 15 is 0 Å². The average molecular weight is 649 g/mol. The molecule has 20 atom stereocenters. The van der Waals surface area contributed by atoms with Crippen molar-refractivity contribution in [2.75, 3.05) is 26.4 Å². The Bertz CT molecular complexity index is 926. The zero-order valence-electron chi connectivity index (χ0n) is 23.0. The Hall–Kier alpha value is -0.800. The van der Waals surface area contributed by atoms with Crippen molar-refractivity contribution < 1.29 is 99.2 Å². The van der Waals surface area contributed by atoms with Crippen LogP contribution in [0.5, 0.6) is 0 Å². The monoisotopic (exact) mass is 648 g/mol. The molecule has 0 amide bonds. The van der Waals surface area contributed by atoms with Crippen molar-refractivity contribution in [2.45, 2.75) is 123 Å². The number of hydrogen-bond acceptors (Lipinski definition) is 20. The van der Waals surface area contributed by atoms with Crippen molar-refractivity contribution in [3.8, 4) is 0 Å². The van der Waals surface area contributed by atoms with Crippen LogP contribution in [0.1, 0.15) is 0 Å². The largest absolute Gasteiger partial charge is 0.394 e. The van der Waals surface area contributed by atoms with Gasteiger partial charge in [-0.15, -0.1) is 0 Å². The lowest BCUT2D eigenvalue weighted by atomic mass is 9.96. The highest BCUT2D eigenvalue weighted by Gasteiger charge is 2.62. The molecule has 20 nitrogen and oxygen atoms in total. The van der Waals surface area contributed by atoms with Gasteiger partial charge in [-0.2, -0.15) is 0 Å². The summed E-state index contributed by atoms with van der Waals surface area (Å²) in [5.41, 5.74) is 0. The fourth-order valence-corrected chi connectivity index (χ4v) is 5.79. The summed E-state index contributed by atoms with van der Waals surface area (Å²) in [5, 5.41) is 121. The molecule has 256 valence electrons. The highest BCUT2D eigenvalue weighted by molar-refractivity contribution is 5.04. The van der Waals surface area contributed by atoms with Crippen molar-refractivity contribution in [1.82, 2.24) is 0 Å². The molecule has 5 fully saturated rings. The molecule has 5 aliphatic heterocycles. The molecule has 0 aromatic heterocycles. The van der Waals surface area contributed by atoms with Crippen molar-refractivity contribution in [3.63, 3.8) is 0 Å². The summed E-state index contributed by atoms with van der Waals surface area (Å²) in [6.07, 6.45) is -29.7. The van der Waals surface area contributed by atoms with Crippen molar-refractivity contribution >= 4 is 0 Å². The van der Waals surface area contributed by atoms with Gasteiger partial charge in [-0.3, -0.25) is 0 Å². The van der Waals surface area contributed by atoms with E-state index in [1.807, 2.05) is 0 Å². The van der Waals surface area contributed by atoms with Crippen LogP contribution in [0.3, 0.4) is 0 Å². The molecular weight excluding hydrogens is 608 g/mol. The SMILES string of the molecule is OC[C@H]1O[C@H](O[C@H]2[C@@H]3O[C@@H]3[C@@H](O[C@H]3[C@H](O)[C@@H](O)[C@@H](O[C@H]4[C@H](O)[C@@H](O)C(O)O[C@@H]4CO)O[C@@H]3CO)O[C@@H]2CO)[C@H](O)[C@@H](O)[C@@H]1O. The standard InChI is InChI=1S/C24H40O20/c25-1-5-9(29)10(30)14(34)22(38-5)44-18-8(4-28)40-24(20-19(18)41-20)43-17-7(3-27)39-23(15(35)12(17)32)42-16-6(2-26)37-21(36)13(33)11(16)31/h5-36H,1-4H2/t5-,6-,7-,8-,9-,10+,11-,12-,13-,14-,15-,16-,17-,18-,19+,20+,21?,22-,23-,24-/m1/s1. The van der Waals surface area contributed by atoms with E-state index in [1.165, 1.54) is 0 Å². The maximum Gasteiger partial charge on any atom is 0.187 e. The molecule has 5 rings (SSSR count). The second kappa shape index (κ2) is 14.1. The van der Waals surface area contributed by atoms with Gasteiger partial charge in [0.15, 0.2) is 25.2 Å². The molecule has 0 aromatic carbocycles. The van der Waals surface area contributed by atoms with Gasteiger partial charge in [-0.25, -0.2) is 0 Å². The molecule has 0 saturated carbocycles. The van der Waals surface area contributed by atoms with Gasteiger partial charge < -0.3 is 99.2 Å². The van der Waals surface area contributed by atoms with E-state index in [1.54, 1.807) is 0 Å². The van der Waals surface area contributed by atoms with Gasteiger partial charge in [0.05, 0.1) is 26.4 Å². The van der Waals surface area contributed by atoms with Crippen LogP contribution >= 0.6 is 0 Å². The maximum atomic E-state index is 10.9. The second-order valence-electron chi connectivity index (χ2n) is 11.2. The fourth-order valence-electron chi connectivity index (χ4n) is 5.79. The smallest absolute Gasteiger partial charge is 0.187 e. The zero-order chi connectivity index (χ0) is 32.0. The van der Waals surface area contributed by atoms with E-state index in [-0.39, 0.29) is 0 Å². The maximum absolute atomic E-state index is 10.9. The first-order chi connectivity index (χ1) is 20.9. The Morgan fingerprint density at radius 1 is 0.364 bits per heavy atom. The molecule has 5 saturated heterocycles. The van der Waals surface area contributed by atoms with Crippen LogP contribution in [0.2, 0.25) is 0 Å². The highest BCUT2D eigenvalue weighted by Crippen LogP contribution is 2.42. The Morgan fingerprint density at radius 3 is 1.39 bits per heavy atom. The molecule has 20 heteroatoms. The number of hydrogen-bond donors (Lipinski definition) is 12. The molecule has 5 aliphatic rings. The van der Waals surface area contributed by atoms with Gasteiger partial charge >= 0.3 is 0 Å². The van der Waals surface area contributed by atoms with E-state index in [0.29, 0.717) is 0 Å². The van der Waals surface area contributed by atoms with E-state index in [4.69, 9.17) is 37.9 Å². The van der Waals surface area contributed by atoms with E-state index in [9.17, 15) is 61.3 Å². The number of fused-ring (bicyclic) bond motifs is 1. The third kappa shape index (κ3) is 6.50. The molecule has 44 heavy (non-hydrogen) atoms. The number of epoxide rings is 1. The van der Waals surface area contributed by atoms with Gasteiger partial charge in [-0.1, -0.05) is 0 Å². The third-order valence-electron chi connectivity index (χ3n) is 8.39. The van der Waals surface area contributed by atoms with Gasteiger partial charge in [0.25, 0.3) is 0 Å². The first-order valence-electron chi connectivity index (χ1n) is 14.1. The number of aliphatic hydroxyl groups is 12. The molecule has 0 bridgehead atoms. The summed E-state index contributed by atoms with van der Waals surface area (Å²) in [6, 6.07) is 0. The van der Waals surface area contributed by atoms with Gasteiger partial charge in [0, 0.05) is 0 Å². The highest BCUT2D eigenvalue weighted by atomic mass is 16.8. The zero-order valence-corrected chi connectivity index (χ0v) is 23.0. The number of rotatable bonds is 10. The molecular formula is C24H40O20. The van der Waals surface area contributed by atoms with E-state index < -0.39 is 149 Å². The predicted octanol–water partition coefficient (Wildman–Crippen LogP) is -8.70. The lowest BCUT2D eigenvalue weighted by Crippen LogP contribution is -2.65. The Balaban J connectivity index is 1.22. The van der Waals surface area contributed by atoms with Crippen LogP contribution in [0, 0.1) is 0 Å². The third-order valence-corrected chi connectivity index (χ3v) is 8.39. The van der Waals surface area contributed by atoms with E-state index in [0.717, 1.165) is 0 Å². The van der Waals surface area contributed by atoms with Crippen LogP contribution in [-0.4, -0.2) is 211 Å². The summed E-state index contributed by atoms with van der Waals surface area (Å²) < 4.78 is 44.4. The molecule has 5 heterocycles. The first-order valence-corrected chi connectivity index (χ1v) is 14.1. The van der Waals surface area contributed by atoms with Crippen molar-refractivity contribution in [1.29, 1.82) is 0 Å². The van der Waals surface area contributed by atoms with Gasteiger partial charge in [0.2, 0.25) is 0 Å². The summed E-state index contributed by atoms with van der Waals surface area (Å²) >= 11 is 0. The molecule has 0 aliphatic carbocycles. The quantitative estimate of drug-likeness (QED) is 0.0978. The fraction of sp³-hybridized carbons (Fsp3) is 1.00. The predicted molar refractivity (Wildman–Crippen MR) is 131 cm³/mol. The van der Waals surface area contributed by atoms with Crippen molar-refractivity contribution in [2.24, 2.45) is 0 Å². The van der Waals surface area contributed by atoms with Crippen LogP contribution in [0.15, 0.2) is 0 Å². The minimum absolute atomic E-state index is 0.668. The molecule has 12 N–H and O–H groups in total. The lowest BCUT2D eigenvalue weighted by molar-refractivity contribution is -0.370. The van der Waals surface area contributed by atoms with Gasteiger partial charge in [0.1, 0.15) is 97.7 Å². The number of aliphatic hydroxyl groups excluding tert-OH is 12. The van der Waals surface area contributed by atoms with E-state index in [2.05, 4.69) is 0 Å². The molecule has 0 spiro atoms. The topological polar surface area (TPSA) is 320 Å². The Morgan fingerprint density at radius 2 is 0.795 bits per heavy atom. The minimum Gasteiger partial charge on any atom is -0.394 e. The summed E-state index contributed by atoms with van der Waals surface area (Å²) in [7, 11) is 0. The minimum atomic E-state index is -1.88. The first kappa shape index (κ1) is 34.5. The van der Waals surface area contributed by atoms with Crippen molar-refractivity contribution in [3.05, 3.63) is 0 Å². The van der Waals surface area contributed by atoms with Crippen LogP contribution in [0.25, 0.3) is 0 Å². The Labute approximate surface area is 249 Å². The summed E-state index contributed by atoms with van der Waals surface area (Å²) in [4.78, 5) is 0. The average Bonchev–Trinajstić information content (AvgIpc) is 3.83. The second-order valence-corrected chi connectivity index (χ2v) is 11.2. The number of ether oxygens (including phenoxy) is 8. The van der Waals surface area contributed by atoms with Crippen LogP contribution in [-0.2, 0) is 37.9 Å². The Kier molecular flexibility index (Phi) is 11.1. The summed E-state index contributed by atoms with van der Waals surface area (Å²) in [6.45, 7) is -2.90. The molecule has 1 unspecified atom stereocenters. The van der Waals surface area contributed by atoms with Crippen LogP contribution < -0.4 is 0 Å². The lowest BCUT2D eigenvalue weighted by Gasteiger charge is -2.47. The van der Waals surface area contributed by atoms with Crippen LogP contribution in [0.4, 0.5) is 0 Å². The normalized spacial score (nSPS) is 54.5. The van der Waals surface area contributed by atoms with Gasteiger partial charge in [-0.05, 0) is 0 Å². The molecule has 0 aromatic rings.